The van der Waals surface area contributed by atoms with Gasteiger partial charge >= 0.3 is 5.97 Å². The lowest BCUT2D eigenvalue weighted by atomic mass is 10.4. The van der Waals surface area contributed by atoms with E-state index in [-0.39, 0.29) is 11.4 Å². The van der Waals surface area contributed by atoms with E-state index in [1.165, 1.54) is 11.7 Å². The molecule has 0 unspecified atom stereocenters. The monoisotopic (exact) mass is 311 g/mol. The quantitative estimate of drug-likeness (QED) is 0.807. The van der Waals surface area contributed by atoms with Crippen molar-refractivity contribution < 1.29 is 14.6 Å². The molecule has 72 valence electrons. The van der Waals surface area contributed by atoms with Gasteiger partial charge in [0.25, 0.3) is 0 Å². The van der Waals surface area contributed by atoms with Crippen molar-refractivity contribution in [3.05, 3.63) is 14.8 Å². The molecule has 0 saturated carbocycles. The maximum Gasteiger partial charge on any atom is 0.358 e. The first-order chi connectivity index (χ1) is 6.00. The lowest BCUT2D eigenvalue weighted by molar-refractivity contribution is 0.0586. The van der Waals surface area contributed by atoms with Gasteiger partial charge in [0.1, 0.15) is 4.60 Å². The van der Waals surface area contributed by atoms with Crippen molar-refractivity contribution in [2.45, 2.75) is 0 Å². The number of halogens is 2. The average molecular weight is 313 g/mol. The molecule has 6 heteroatoms. The second kappa shape index (κ2) is 3.71. The Labute approximate surface area is 91.7 Å². The van der Waals surface area contributed by atoms with Gasteiger partial charge in [0.15, 0.2) is 11.4 Å². The molecule has 0 radical (unpaired) electrons. The van der Waals surface area contributed by atoms with Gasteiger partial charge in [0.05, 0.1) is 11.6 Å². The number of rotatable bonds is 1. The Kier molecular flexibility index (Phi) is 3.02. The third-order valence-corrected chi connectivity index (χ3v) is 3.83. The van der Waals surface area contributed by atoms with E-state index in [0.717, 1.165) is 0 Å². The molecule has 0 aromatic carbocycles. The fraction of sp³-hybridized carbons (Fsp3) is 0.286. The van der Waals surface area contributed by atoms with Crippen LogP contribution in [0.15, 0.2) is 9.08 Å². The summed E-state index contributed by atoms with van der Waals surface area (Å²) < 4.78 is 7.02. The third-order valence-electron chi connectivity index (χ3n) is 1.62. The van der Waals surface area contributed by atoms with Gasteiger partial charge < -0.3 is 14.4 Å². The Morgan fingerprint density at radius 2 is 2.08 bits per heavy atom. The summed E-state index contributed by atoms with van der Waals surface area (Å²) in [5.74, 6) is -0.701. The summed E-state index contributed by atoms with van der Waals surface area (Å²) in [7, 11) is 2.90. The number of carbonyl (C=O) groups is 1. The molecule has 13 heavy (non-hydrogen) atoms. The molecular formula is C7H7Br2NO3. The van der Waals surface area contributed by atoms with E-state index in [1.54, 1.807) is 7.05 Å². The second-order valence-corrected chi connectivity index (χ2v) is 3.90. The Balaban J connectivity index is 3.37. The molecule has 0 atom stereocenters. The average Bonchev–Trinajstić information content (AvgIpc) is 2.30. The molecule has 1 heterocycles. The molecular weight excluding hydrogens is 306 g/mol. The van der Waals surface area contributed by atoms with E-state index < -0.39 is 5.97 Å². The summed E-state index contributed by atoms with van der Waals surface area (Å²) >= 11 is 6.32. The van der Waals surface area contributed by atoms with Crippen LogP contribution < -0.4 is 0 Å². The molecule has 0 fully saturated rings. The van der Waals surface area contributed by atoms with Crippen LogP contribution >= 0.6 is 31.9 Å². The van der Waals surface area contributed by atoms with Crippen LogP contribution in [0.3, 0.4) is 0 Å². The number of nitrogens with zero attached hydrogens (tertiary/aromatic N) is 1. The minimum Gasteiger partial charge on any atom is -0.504 e. The van der Waals surface area contributed by atoms with E-state index >= 15 is 0 Å². The minimum absolute atomic E-state index is 0.112. The molecule has 0 bridgehead atoms. The molecule has 0 aliphatic rings. The molecule has 0 saturated heterocycles. The zero-order chi connectivity index (χ0) is 10.2. The number of methoxy groups -OCH3 is 1. The first kappa shape index (κ1) is 10.6. The zero-order valence-electron chi connectivity index (χ0n) is 6.97. The summed E-state index contributed by atoms with van der Waals surface area (Å²) in [6.07, 6.45) is 0. The van der Waals surface area contributed by atoms with Gasteiger partial charge in [-0.2, -0.15) is 0 Å². The van der Waals surface area contributed by atoms with Crippen molar-refractivity contribution in [3.8, 4) is 5.75 Å². The van der Waals surface area contributed by atoms with Crippen LogP contribution in [-0.2, 0) is 11.8 Å². The van der Waals surface area contributed by atoms with Crippen LogP contribution in [0.1, 0.15) is 10.5 Å². The molecule has 1 aromatic heterocycles. The summed E-state index contributed by atoms with van der Waals surface area (Å²) in [5, 5.41) is 9.50. The summed E-state index contributed by atoms with van der Waals surface area (Å²) in [6, 6.07) is 0. The number of hydrogen-bond donors (Lipinski definition) is 1. The van der Waals surface area contributed by atoms with Crippen LogP contribution in [0.2, 0.25) is 0 Å². The van der Waals surface area contributed by atoms with E-state index in [9.17, 15) is 9.90 Å². The molecule has 0 aliphatic carbocycles. The number of carbonyl (C=O) groups excluding carboxylic acids is 1. The SMILES string of the molecule is COC(=O)c1c(O)c(Br)c(Br)n1C. The van der Waals surface area contributed by atoms with Crippen LogP contribution in [0.4, 0.5) is 0 Å². The molecule has 4 nitrogen and oxygen atoms in total. The van der Waals surface area contributed by atoms with Gasteiger partial charge in [-0.05, 0) is 31.9 Å². The summed E-state index contributed by atoms with van der Waals surface area (Å²) in [5.41, 5.74) is 0.112. The number of aromatic hydroxyl groups is 1. The predicted octanol–water partition coefficient (Wildman–Crippen LogP) is 2.04. The molecule has 1 aromatic rings. The largest absolute Gasteiger partial charge is 0.504 e. The first-order valence-electron chi connectivity index (χ1n) is 3.31. The van der Waals surface area contributed by atoms with Crippen molar-refractivity contribution in [2.24, 2.45) is 7.05 Å². The van der Waals surface area contributed by atoms with E-state index in [1.807, 2.05) is 0 Å². The topological polar surface area (TPSA) is 51.5 Å². The van der Waals surface area contributed by atoms with Crippen molar-refractivity contribution in [2.75, 3.05) is 7.11 Å². The van der Waals surface area contributed by atoms with Crippen molar-refractivity contribution >= 4 is 37.8 Å². The number of ether oxygens (including phenoxy) is 1. The molecule has 0 aliphatic heterocycles. The van der Waals surface area contributed by atoms with Gasteiger partial charge in [-0.3, -0.25) is 0 Å². The predicted molar refractivity (Wildman–Crippen MR) is 53.8 cm³/mol. The van der Waals surface area contributed by atoms with Crippen LogP contribution in [0, 0.1) is 0 Å². The van der Waals surface area contributed by atoms with E-state index in [0.29, 0.717) is 9.08 Å². The summed E-state index contributed by atoms with van der Waals surface area (Å²) in [6.45, 7) is 0. The van der Waals surface area contributed by atoms with Crippen molar-refractivity contribution in [1.82, 2.24) is 4.57 Å². The Morgan fingerprint density at radius 1 is 1.54 bits per heavy atom. The smallest absolute Gasteiger partial charge is 0.358 e. The van der Waals surface area contributed by atoms with Crippen molar-refractivity contribution in [1.29, 1.82) is 0 Å². The normalized spacial score (nSPS) is 10.2. The lowest BCUT2D eigenvalue weighted by Gasteiger charge is -2.01. The second-order valence-electron chi connectivity index (χ2n) is 2.35. The molecule has 0 spiro atoms. The third kappa shape index (κ3) is 1.60. The maximum absolute atomic E-state index is 11.2. The molecule has 1 N–H and O–H groups in total. The van der Waals surface area contributed by atoms with E-state index in [2.05, 4.69) is 36.6 Å². The highest BCUT2D eigenvalue weighted by atomic mass is 79.9. The number of esters is 1. The van der Waals surface area contributed by atoms with Gasteiger partial charge in [-0.1, -0.05) is 0 Å². The lowest BCUT2D eigenvalue weighted by Crippen LogP contribution is -2.07. The van der Waals surface area contributed by atoms with Crippen LogP contribution in [-0.4, -0.2) is 22.8 Å². The van der Waals surface area contributed by atoms with Crippen molar-refractivity contribution in [3.63, 3.8) is 0 Å². The Morgan fingerprint density at radius 3 is 2.38 bits per heavy atom. The van der Waals surface area contributed by atoms with Crippen LogP contribution in [0.25, 0.3) is 0 Å². The number of aromatic nitrogens is 1. The Hall–Kier alpha value is -0.490. The fourth-order valence-corrected chi connectivity index (χ4v) is 1.76. The maximum atomic E-state index is 11.2. The number of hydrogen-bond acceptors (Lipinski definition) is 3. The fourth-order valence-electron chi connectivity index (χ4n) is 0.936. The highest BCUT2D eigenvalue weighted by molar-refractivity contribution is 9.13. The Bertz CT molecular complexity index is 334. The van der Waals surface area contributed by atoms with Crippen LogP contribution in [0.5, 0.6) is 5.75 Å². The zero-order valence-corrected chi connectivity index (χ0v) is 10.1. The van der Waals surface area contributed by atoms with E-state index in [4.69, 9.17) is 0 Å². The summed E-state index contributed by atoms with van der Waals surface area (Å²) in [4.78, 5) is 11.2. The van der Waals surface area contributed by atoms with Gasteiger partial charge in [-0.25, -0.2) is 4.79 Å². The standard InChI is InChI=1S/C7H7Br2NO3/c1-10-4(7(12)13-2)5(11)3(8)6(10)9/h11H,1-2H3. The van der Waals surface area contributed by atoms with Gasteiger partial charge in [-0.15, -0.1) is 0 Å². The van der Waals surface area contributed by atoms with Gasteiger partial charge in [0, 0.05) is 7.05 Å². The molecule has 1 rings (SSSR count). The highest BCUT2D eigenvalue weighted by Gasteiger charge is 2.23. The van der Waals surface area contributed by atoms with Gasteiger partial charge in [0.2, 0.25) is 0 Å². The minimum atomic E-state index is -0.577. The highest BCUT2D eigenvalue weighted by Crippen LogP contribution is 2.37. The molecule has 0 amide bonds. The first-order valence-corrected chi connectivity index (χ1v) is 4.90.